The predicted octanol–water partition coefficient (Wildman–Crippen LogP) is 3.23. The van der Waals surface area contributed by atoms with Crippen LogP contribution in [0.25, 0.3) is 0 Å². The van der Waals surface area contributed by atoms with Crippen molar-refractivity contribution in [3.8, 4) is 5.75 Å². The SMILES string of the molecule is C=C[C@H](Oc1cnc(N2C[C@H](c3cc(F)ccc3F)[C@@H](N)C2)nc1)C1CCN(c2nc(CC(C)(C)O)no2)CC1. The third-order valence-electron chi connectivity index (χ3n) is 7.45. The lowest BCUT2D eigenvalue weighted by molar-refractivity contribution is 0.0781. The van der Waals surface area contributed by atoms with E-state index in [1.165, 1.54) is 6.07 Å². The van der Waals surface area contributed by atoms with Crippen LogP contribution in [-0.4, -0.2) is 69.1 Å². The lowest BCUT2D eigenvalue weighted by atomic mass is 9.91. The molecule has 3 N–H and O–H groups in total. The van der Waals surface area contributed by atoms with E-state index in [0.29, 0.717) is 43.0 Å². The molecule has 214 valence electrons. The lowest BCUT2D eigenvalue weighted by Gasteiger charge is -2.33. The molecular weight excluding hydrogens is 520 g/mol. The molecule has 0 radical (unpaired) electrons. The quantitative estimate of drug-likeness (QED) is 0.380. The molecule has 10 nitrogen and oxygen atoms in total. The molecule has 2 aliphatic rings. The van der Waals surface area contributed by atoms with E-state index in [1.807, 2.05) is 9.80 Å². The Bertz CT molecular complexity index is 1310. The zero-order valence-corrected chi connectivity index (χ0v) is 22.7. The number of piperidine rings is 1. The summed E-state index contributed by atoms with van der Waals surface area (Å²) in [5.41, 5.74) is 5.64. The average Bonchev–Trinajstić information content (AvgIpc) is 3.54. The van der Waals surface area contributed by atoms with Crippen molar-refractivity contribution in [2.45, 2.75) is 56.8 Å². The fourth-order valence-corrected chi connectivity index (χ4v) is 5.40. The van der Waals surface area contributed by atoms with Crippen LogP contribution < -0.4 is 20.3 Å². The summed E-state index contributed by atoms with van der Waals surface area (Å²) >= 11 is 0. The Labute approximate surface area is 231 Å². The van der Waals surface area contributed by atoms with Gasteiger partial charge < -0.3 is 29.9 Å². The van der Waals surface area contributed by atoms with Gasteiger partial charge >= 0.3 is 6.01 Å². The molecule has 40 heavy (non-hydrogen) atoms. The smallest absolute Gasteiger partial charge is 0.324 e. The monoisotopic (exact) mass is 555 g/mol. The van der Waals surface area contributed by atoms with Crippen LogP contribution in [0.5, 0.6) is 5.75 Å². The highest BCUT2D eigenvalue weighted by atomic mass is 19.1. The number of halogens is 2. The number of nitrogens with two attached hydrogens (primary N) is 1. The Morgan fingerprint density at radius 2 is 1.93 bits per heavy atom. The summed E-state index contributed by atoms with van der Waals surface area (Å²) < 4.78 is 39.6. The van der Waals surface area contributed by atoms with Crippen LogP contribution in [0.1, 0.15) is 44.0 Å². The first-order valence-corrected chi connectivity index (χ1v) is 13.5. The Kier molecular flexibility index (Phi) is 7.99. The molecule has 1 aromatic carbocycles. The number of ether oxygens (including phenoxy) is 1. The molecule has 5 rings (SSSR count). The van der Waals surface area contributed by atoms with Crippen LogP contribution in [0.2, 0.25) is 0 Å². The summed E-state index contributed by atoms with van der Waals surface area (Å²) in [7, 11) is 0. The molecule has 2 fully saturated rings. The number of hydrogen-bond acceptors (Lipinski definition) is 10. The highest BCUT2D eigenvalue weighted by Crippen LogP contribution is 2.32. The van der Waals surface area contributed by atoms with Gasteiger partial charge in [0.15, 0.2) is 11.6 Å². The Hall–Kier alpha value is -3.64. The highest BCUT2D eigenvalue weighted by Gasteiger charge is 2.35. The van der Waals surface area contributed by atoms with Gasteiger partial charge in [-0.15, -0.1) is 0 Å². The molecule has 3 aromatic rings. The first kappa shape index (κ1) is 27.9. The van der Waals surface area contributed by atoms with Gasteiger partial charge in [0.25, 0.3) is 0 Å². The van der Waals surface area contributed by atoms with E-state index >= 15 is 0 Å². The Morgan fingerprint density at radius 3 is 2.60 bits per heavy atom. The molecule has 0 spiro atoms. The van der Waals surface area contributed by atoms with E-state index in [4.69, 9.17) is 15.0 Å². The number of rotatable bonds is 9. The van der Waals surface area contributed by atoms with Gasteiger partial charge in [-0.3, -0.25) is 0 Å². The van der Waals surface area contributed by atoms with E-state index in [1.54, 1.807) is 32.3 Å². The average molecular weight is 556 g/mol. The van der Waals surface area contributed by atoms with Crippen molar-refractivity contribution in [2.75, 3.05) is 36.0 Å². The maximum atomic E-state index is 14.3. The predicted molar refractivity (Wildman–Crippen MR) is 145 cm³/mol. The standard InChI is InChI=1S/C28H35F2N7O3/c1-4-24(17-7-9-36(10-8-17)27-34-25(35-40-27)12-28(2,3)38)39-19-13-32-26(33-14-19)37-15-21(23(31)16-37)20-11-18(29)5-6-22(20)30/h4-6,11,13-14,17,21,23-24,38H,1,7-10,12,15-16,31H2,2-3H3/t21-,23+,24+/m1/s1. The fourth-order valence-electron chi connectivity index (χ4n) is 5.40. The van der Waals surface area contributed by atoms with Crippen LogP contribution in [0.15, 0.2) is 47.8 Å². The van der Waals surface area contributed by atoms with Crippen molar-refractivity contribution < 1.29 is 23.1 Å². The van der Waals surface area contributed by atoms with E-state index in [9.17, 15) is 13.9 Å². The van der Waals surface area contributed by atoms with Gasteiger partial charge in [0.2, 0.25) is 5.95 Å². The summed E-state index contributed by atoms with van der Waals surface area (Å²) in [6.45, 7) is 9.63. The first-order valence-electron chi connectivity index (χ1n) is 13.5. The number of anilines is 2. The van der Waals surface area contributed by atoms with Crippen LogP contribution in [0.4, 0.5) is 20.7 Å². The molecule has 0 bridgehead atoms. The molecule has 4 heterocycles. The van der Waals surface area contributed by atoms with Crippen molar-refractivity contribution in [1.29, 1.82) is 0 Å². The third-order valence-corrected chi connectivity index (χ3v) is 7.45. The number of aliphatic hydroxyl groups is 1. The highest BCUT2D eigenvalue weighted by molar-refractivity contribution is 5.39. The molecule has 2 aromatic heterocycles. The largest absolute Gasteiger partial charge is 0.483 e. The van der Waals surface area contributed by atoms with Gasteiger partial charge in [0.05, 0.1) is 18.0 Å². The van der Waals surface area contributed by atoms with Crippen LogP contribution in [-0.2, 0) is 6.42 Å². The number of aromatic nitrogens is 4. The van der Waals surface area contributed by atoms with Crippen LogP contribution >= 0.6 is 0 Å². The first-order chi connectivity index (χ1) is 19.1. The minimum absolute atomic E-state index is 0.227. The van der Waals surface area contributed by atoms with Crippen molar-refractivity contribution >= 4 is 12.0 Å². The molecule has 0 aliphatic carbocycles. The second kappa shape index (κ2) is 11.5. The summed E-state index contributed by atoms with van der Waals surface area (Å²) in [5.74, 6) is 0.343. The van der Waals surface area contributed by atoms with Gasteiger partial charge in [0.1, 0.15) is 17.7 Å². The minimum Gasteiger partial charge on any atom is -0.483 e. The van der Waals surface area contributed by atoms with Gasteiger partial charge in [-0.1, -0.05) is 17.8 Å². The topological polar surface area (TPSA) is 127 Å². The number of hydrogen-bond donors (Lipinski definition) is 2. The molecule has 0 amide bonds. The van der Waals surface area contributed by atoms with Crippen molar-refractivity contribution in [1.82, 2.24) is 20.1 Å². The molecule has 2 aliphatic heterocycles. The Balaban J connectivity index is 1.16. The van der Waals surface area contributed by atoms with Crippen LogP contribution in [0.3, 0.4) is 0 Å². The number of benzene rings is 1. The summed E-state index contributed by atoms with van der Waals surface area (Å²) in [4.78, 5) is 17.2. The van der Waals surface area contributed by atoms with Gasteiger partial charge in [-0.05, 0) is 50.5 Å². The van der Waals surface area contributed by atoms with Gasteiger partial charge in [-0.2, -0.15) is 4.98 Å². The molecule has 2 saturated heterocycles. The van der Waals surface area contributed by atoms with Crippen molar-refractivity contribution in [3.63, 3.8) is 0 Å². The molecule has 0 unspecified atom stereocenters. The van der Waals surface area contributed by atoms with Gasteiger partial charge in [-0.25, -0.2) is 18.7 Å². The summed E-state index contributed by atoms with van der Waals surface area (Å²) in [6, 6.07) is 3.51. The molecular formula is C28H35F2N7O3. The normalized spacial score (nSPS) is 21.1. The third kappa shape index (κ3) is 6.39. The van der Waals surface area contributed by atoms with Crippen LogP contribution in [0, 0.1) is 17.6 Å². The van der Waals surface area contributed by atoms with E-state index in [2.05, 4.69) is 26.7 Å². The zero-order chi connectivity index (χ0) is 28.4. The molecule has 12 heteroatoms. The zero-order valence-electron chi connectivity index (χ0n) is 22.7. The van der Waals surface area contributed by atoms with E-state index in [-0.39, 0.29) is 29.5 Å². The second-order valence-corrected chi connectivity index (χ2v) is 11.2. The summed E-state index contributed by atoms with van der Waals surface area (Å²) in [6.07, 6.45) is 6.77. The van der Waals surface area contributed by atoms with E-state index in [0.717, 1.165) is 38.1 Å². The minimum atomic E-state index is -0.906. The van der Waals surface area contributed by atoms with Crippen molar-refractivity contribution in [2.24, 2.45) is 11.7 Å². The summed E-state index contributed by atoms with van der Waals surface area (Å²) in [5, 5.41) is 14.0. The molecule has 0 saturated carbocycles. The number of nitrogens with zero attached hydrogens (tertiary/aromatic N) is 6. The Morgan fingerprint density at radius 1 is 1.20 bits per heavy atom. The maximum absolute atomic E-state index is 14.3. The second-order valence-electron chi connectivity index (χ2n) is 11.2. The fraction of sp³-hybridized carbons (Fsp3) is 0.500. The molecule has 3 atom stereocenters. The van der Waals surface area contributed by atoms with Crippen molar-refractivity contribution in [3.05, 3.63) is 66.3 Å². The lowest BCUT2D eigenvalue weighted by Crippen LogP contribution is -2.39. The maximum Gasteiger partial charge on any atom is 0.324 e. The van der Waals surface area contributed by atoms with E-state index < -0.39 is 17.2 Å². The van der Waals surface area contributed by atoms with Gasteiger partial charge in [0, 0.05) is 50.5 Å².